The highest BCUT2D eigenvalue weighted by molar-refractivity contribution is 6.63. The molecule has 8 heteroatoms. The van der Waals surface area contributed by atoms with Crippen LogP contribution in [0.3, 0.4) is 0 Å². The molecule has 23 heavy (non-hydrogen) atoms. The second-order valence-corrected chi connectivity index (χ2v) is 5.02. The molecule has 2 N–H and O–H groups in total. The summed E-state index contributed by atoms with van der Waals surface area (Å²) in [5, 5.41) is 9.05. The Labute approximate surface area is 131 Å². The normalized spacial score (nSPS) is 16.5. The average molecular weight is 318 g/mol. The number of amides is 1. The lowest BCUT2D eigenvalue weighted by Crippen LogP contribution is -2.45. The second-order valence-electron chi connectivity index (χ2n) is 5.02. The highest BCUT2D eigenvalue weighted by Crippen LogP contribution is 2.18. The Hall–Kier alpha value is -2.99. The first kappa shape index (κ1) is 16.4. The molecule has 0 aliphatic carbocycles. The van der Waals surface area contributed by atoms with Crippen molar-refractivity contribution in [3.05, 3.63) is 35.9 Å². The number of nitrogens with zero attached hydrogens (tertiary/aromatic N) is 2. The van der Waals surface area contributed by atoms with Gasteiger partial charge in [0.05, 0.1) is 10.3 Å². The monoisotopic (exact) mass is 318 g/mol. The van der Waals surface area contributed by atoms with Crippen LogP contribution in [0.5, 0.6) is 0 Å². The Bertz CT molecular complexity index is 667. The molecule has 1 amide bonds. The van der Waals surface area contributed by atoms with Crippen molar-refractivity contribution in [3.63, 3.8) is 0 Å². The van der Waals surface area contributed by atoms with E-state index in [2.05, 4.69) is 4.79 Å². The van der Waals surface area contributed by atoms with Gasteiger partial charge in [0.15, 0.2) is 0 Å². The quantitative estimate of drug-likeness (QED) is 0.277. The third-order valence-corrected chi connectivity index (χ3v) is 3.55. The fourth-order valence-electron chi connectivity index (χ4n) is 2.42. The summed E-state index contributed by atoms with van der Waals surface area (Å²) in [6, 6.07) is 7.87. The third-order valence-electron chi connectivity index (χ3n) is 3.55. The number of rotatable bonds is 5. The van der Waals surface area contributed by atoms with Gasteiger partial charge in [-0.15, -0.1) is 0 Å². The molecule has 0 aromatic heterocycles. The first-order valence-electron chi connectivity index (χ1n) is 7.04. The Morgan fingerprint density at radius 3 is 2.61 bits per heavy atom. The fraction of sp³-hybridized carbons (Fsp3) is 0.333. The summed E-state index contributed by atoms with van der Waals surface area (Å²) in [7, 11) is 0. The number of ketones is 1. The van der Waals surface area contributed by atoms with Gasteiger partial charge in [-0.3, -0.25) is 9.69 Å². The predicted molar refractivity (Wildman–Crippen MR) is 77.0 cm³/mol. The van der Waals surface area contributed by atoms with Crippen molar-refractivity contribution in [2.24, 2.45) is 0 Å². The molecule has 0 saturated carbocycles. The van der Waals surface area contributed by atoms with Crippen LogP contribution in [0, 0.1) is 5.53 Å². The molecular formula is C15H16N3O5+. The van der Waals surface area contributed by atoms with Crippen LogP contribution in [-0.2, 0) is 20.9 Å². The van der Waals surface area contributed by atoms with Crippen molar-refractivity contribution in [3.8, 4) is 0 Å². The van der Waals surface area contributed by atoms with E-state index >= 15 is 0 Å². The fourth-order valence-corrected chi connectivity index (χ4v) is 2.42. The number of carbonyl (C=O) groups is 3. The number of ether oxygens (including phenoxy) is 1. The van der Waals surface area contributed by atoms with Gasteiger partial charge in [-0.25, -0.2) is 9.59 Å². The molecule has 1 aliphatic rings. The van der Waals surface area contributed by atoms with Gasteiger partial charge in [0.2, 0.25) is 0 Å². The molecule has 1 aliphatic heterocycles. The SMILES string of the molecule is N=[N+]=C(C(=O)OCc1ccccc1)C(=O)C1CCCN1C(=O)O. The molecule has 1 atom stereocenters. The Kier molecular flexibility index (Phi) is 5.22. The van der Waals surface area contributed by atoms with Crippen LogP contribution in [0.1, 0.15) is 18.4 Å². The van der Waals surface area contributed by atoms with Gasteiger partial charge in [0, 0.05) is 6.54 Å². The topological polar surface area (TPSA) is 122 Å². The van der Waals surface area contributed by atoms with Crippen LogP contribution in [0.15, 0.2) is 30.3 Å². The van der Waals surface area contributed by atoms with E-state index in [0.717, 1.165) is 10.5 Å². The van der Waals surface area contributed by atoms with Gasteiger partial charge in [-0.2, -0.15) is 0 Å². The van der Waals surface area contributed by atoms with E-state index in [9.17, 15) is 14.4 Å². The van der Waals surface area contributed by atoms with E-state index in [1.54, 1.807) is 24.3 Å². The molecule has 1 saturated heterocycles. The van der Waals surface area contributed by atoms with Gasteiger partial charge in [-0.1, -0.05) is 30.3 Å². The molecule has 2 rings (SSSR count). The molecule has 120 valence electrons. The summed E-state index contributed by atoms with van der Waals surface area (Å²) in [4.78, 5) is 39.2. The minimum Gasteiger partial charge on any atom is -0.465 e. The maximum absolute atomic E-state index is 12.3. The number of carboxylic acid groups (broad SMARTS) is 1. The minimum absolute atomic E-state index is 0.0563. The predicted octanol–water partition coefficient (Wildman–Crippen LogP) is 1.12. The molecule has 0 spiro atoms. The molecule has 0 bridgehead atoms. The van der Waals surface area contributed by atoms with E-state index < -0.39 is 29.6 Å². The number of esters is 1. The van der Waals surface area contributed by atoms with Crippen molar-refractivity contribution in [1.82, 2.24) is 4.90 Å². The Morgan fingerprint density at radius 1 is 1.30 bits per heavy atom. The smallest absolute Gasteiger partial charge is 0.465 e. The number of hydrogen-bond acceptors (Lipinski definition) is 5. The number of hydrogen-bond donors (Lipinski definition) is 2. The van der Waals surface area contributed by atoms with E-state index in [1.807, 2.05) is 6.07 Å². The van der Waals surface area contributed by atoms with Crippen LogP contribution < -0.4 is 0 Å². The molecule has 1 heterocycles. The van der Waals surface area contributed by atoms with Crippen molar-refractivity contribution < 1.29 is 29.0 Å². The third kappa shape index (κ3) is 3.81. The van der Waals surface area contributed by atoms with E-state index in [-0.39, 0.29) is 13.2 Å². The van der Waals surface area contributed by atoms with E-state index in [1.165, 1.54) is 0 Å². The molecule has 1 aromatic rings. The number of likely N-dealkylation sites (tertiary alicyclic amines) is 1. The van der Waals surface area contributed by atoms with Gasteiger partial charge >= 0.3 is 17.8 Å². The molecular weight excluding hydrogens is 302 g/mol. The average Bonchev–Trinajstić information content (AvgIpc) is 3.04. The summed E-state index contributed by atoms with van der Waals surface area (Å²) in [6.07, 6.45) is -0.411. The van der Waals surface area contributed by atoms with Gasteiger partial charge in [0.1, 0.15) is 12.6 Å². The lowest BCUT2D eigenvalue weighted by Gasteiger charge is -2.17. The zero-order chi connectivity index (χ0) is 16.8. The summed E-state index contributed by atoms with van der Waals surface area (Å²) < 4.78 is 4.98. The Balaban J connectivity index is 2.04. The summed E-state index contributed by atoms with van der Waals surface area (Å²) >= 11 is 0. The largest absolute Gasteiger partial charge is 0.492 e. The summed E-state index contributed by atoms with van der Waals surface area (Å²) in [5.74, 6) is -1.82. The van der Waals surface area contributed by atoms with Crippen LogP contribution >= 0.6 is 0 Å². The number of carbonyl (C=O) groups excluding carboxylic acids is 2. The van der Waals surface area contributed by atoms with Gasteiger partial charge in [-0.05, 0) is 18.4 Å². The van der Waals surface area contributed by atoms with Gasteiger partial charge < -0.3 is 9.84 Å². The summed E-state index contributed by atoms with van der Waals surface area (Å²) in [6.45, 7) is 0.162. The zero-order valence-corrected chi connectivity index (χ0v) is 12.3. The highest BCUT2D eigenvalue weighted by Gasteiger charge is 2.45. The lowest BCUT2D eigenvalue weighted by molar-refractivity contribution is -0.158. The van der Waals surface area contributed by atoms with E-state index in [4.69, 9.17) is 15.4 Å². The van der Waals surface area contributed by atoms with E-state index in [0.29, 0.717) is 12.8 Å². The summed E-state index contributed by atoms with van der Waals surface area (Å²) in [5.41, 5.74) is 7.09. The molecule has 1 aromatic carbocycles. The van der Waals surface area contributed by atoms with Crippen LogP contribution in [0.25, 0.3) is 0 Å². The van der Waals surface area contributed by atoms with Crippen LogP contribution in [0.2, 0.25) is 0 Å². The standard InChI is InChI=1S/C15H15N3O5/c16-17-12(13(19)11-7-4-8-18(11)15(21)22)14(20)23-9-10-5-2-1-3-6-10/h1-3,5-6,11,16H,4,7-9H2/p+1. The molecule has 1 fully saturated rings. The van der Waals surface area contributed by atoms with Gasteiger partial charge in [0.25, 0.3) is 5.78 Å². The number of benzene rings is 1. The minimum atomic E-state index is -1.23. The molecule has 0 radical (unpaired) electrons. The first-order chi connectivity index (χ1) is 11.0. The molecule has 1 unspecified atom stereocenters. The first-order valence-corrected chi connectivity index (χ1v) is 7.04. The van der Waals surface area contributed by atoms with Crippen LogP contribution in [-0.4, -0.2) is 50.9 Å². The van der Waals surface area contributed by atoms with Crippen molar-refractivity contribution in [2.75, 3.05) is 6.54 Å². The lowest BCUT2D eigenvalue weighted by atomic mass is 10.1. The Morgan fingerprint density at radius 2 is 2.00 bits per heavy atom. The molecule has 8 nitrogen and oxygen atoms in total. The van der Waals surface area contributed by atoms with Crippen LogP contribution in [0.4, 0.5) is 4.79 Å². The maximum atomic E-state index is 12.3. The second kappa shape index (κ2) is 7.33. The van der Waals surface area contributed by atoms with Crippen molar-refractivity contribution >= 4 is 23.6 Å². The number of nitrogens with one attached hydrogen (secondary N) is 1. The van der Waals surface area contributed by atoms with Crippen molar-refractivity contribution in [2.45, 2.75) is 25.5 Å². The zero-order valence-electron chi connectivity index (χ0n) is 12.3. The number of Topliss-reactive ketones (excluding diaryl/α,β-unsaturated/α-hetero) is 1. The maximum Gasteiger partial charge on any atom is 0.492 e. The van der Waals surface area contributed by atoms with Crippen molar-refractivity contribution in [1.29, 1.82) is 5.53 Å². The highest BCUT2D eigenvalue weighted by atomic mass is 16.5.